The van der Waals surface area contributed by atoms with Crippen LogP contribution in [0.25, 0.3) is 10.9 Å². The molecule has 222 valence electrons. The molecule has 3 aromatic rings. The Morgan fingerprint density at radius 3 is 2.56 bits per heavy atom. The number of carbonyl (C=O) groups excluding carboxylic acids is 1. The van der Waals surface area contributed by atoms with Crippen LogP contribution in [0.5, 0.6) is 5.75 Å². The molecule has 7 nitrogen and oxygen atoms in total. The van der Waals surface area contributed by atoms with Crippen molar-refractivity contribution in [3.8, 4) is 5.75 Å². The third-order valence-corrected chi connectivity index (χ3v) is 6.62. The minimum Gasteiger partial charge on any atom is -0.494 e. The van der Waals surface area contributed by atoms with Crippen molar-refractivity contribution in [1.29, 1.82) is 0 Å². The Morgan fingerprint density at radius 1 is 1.05 bits per heavy atom. The summed E-state index contributed by atoms with van der Waals surface area (Å²) in [6.07, 6.45) is -2.15. The lowest BCUT2D eigenvalue weighted by Gasteiger charge is -2.39. The predicted molar refractivity (Wildman–Crippen MR) is 149 cm³/mol. The average molecular weight is 575 g/mol. The van der Waals surface area contributed by atoms with Crippen LogP contribution in [0.4, 0.5) is 18.0 Å². The zero-order chi connectivity index (χ0) is 29.5. The summed E-state index contributed by atoms with van der Waals surface area (Å²) < 4.78 is 58.9. The number of rotatable bonds is 10. The van der Waals surface area contributed by atoms with Crippen molar-refractivity contribution in [2.75, 3.05) is 32.9 Å². The number of carbonyl (C=O) groups is 1. The maximum absolute atomic E-state index is 12.8. The fourth-order valence-corrected chi connectivity index (χ4v) is 4.71. The second-order valence-corrected chi connectivity index (χ2v) is 11.1. The number of halogens is 3. The molecule has 1 aliphatic rings. The van der Waals surface area contributed by atoms with Crippen LogP contribution in [0.3, 0.4) is 0 Å². The van der Waals surface area contributed by atoms with Gasteiger partial charge >= 0.3 is 12.3 Å². The fraction of sp³-hybridized carbons (Fsp3) is 0.484. The Balaban J connectivity index is 1.39. The van der Waals surface area contributed by atoms with Crippen molar-refractivity contribution in [3.63, 3.8) is 0 Å². The van der Waals surface area contributed by atoms with Crippen molar-refractivity contribution in [2.45, 2.75) is 64.0 Å². The Labute approximate surface area is 238 Å². The first-order chi connectivity index (χ1) is 19.5. The van der Waals surface area contributed by atoms with Crippen LogP contribution in [-0.4, -0.2) is 66.8 Å². The monoisotopic (exact) mass is 574 g/mol. The van der Waals surface area contributed by atoms with Gasteiger partial charge < -0.3 is 23.8 Å². The molecule has 1 amide bonds. The van der Waals surface area contributed by atoms with Crippen LogP contribution in [0.2, 0.25) is 0 Å². The number of hydrogen-bond donors (Lipinski definition) is 0. The van der Waals surface area contributed by atoms with Gasteiger partial charge in [-0.05, 0) is 62.6 Å². The van der Waals surface area contributed by atoms with E-state index in [1.54, 1.807) is 11.1 Å². The average Bonchev–Trinajstić information content (AvgIpc) is 2.92. The number of piperidine rings is 1. The number of likely N-dealkylation sites (tertiary alicyclic amines) is 1. The molecule has 1 saturated heterocycles. The highest BCUT2D eigenvalue weighted by atomic mass is 19.4. The quantitative estimate of drug-likeness (QED) is 0.246. The van der Waals surface area contributed by atoms with E-state index in [2.05, 4.69) is 9.72 Å². The van der Waals surface area contributed by atoms with Crippen molar-refractivity contribution in [2.24, 2.45) is 0 Å². The molecule has 0 unspecified atom stereocenters. The first-order valence-corrected chi connectivity index (χ1v) is 13.8. The molecular weight excluding hydrogens is 537 g/mol. The lowest BCUT2D eigenvalue weighted by molar-refractivity contribution is -0.174. The summed E-state index contributed by atoms with van der Waals surface area (Å²) >= 11 is 0. The van der Waals surface area contributed by atoms with E-state index in [4.69, 9.17) is 14.2 Å². The molecule has 1 fully saturated rings. The van der Waals surface area contributed by atoms with E-state index in [9.17, 15) is 18.0 Å². The zero-order valence-corrected chi connectivity index (χ0v) is 23.7. The molecule has 0 saturated carbocycles. The molecule has 0 N–H and O–H groups in total. The summed E-state index contributed by atoms with van der Waals surface area (Å²) in [6.45, 7) is 5.80. The molecule has 2 atom stereocenters. The third kappa shape index (κ3) is 9.60. The van der Waals surface area contributed by atoms with Crippen LogP contribution < -0.4 is 4.74 Å². The Bertz CT molecular complexity index is 1280. The molecule has 2 aromatic carbocycles. The number of aromatic nitrogens is 1. The van der Waals surface area contributed by atoms with Gasteiger partial charge in [0.15, 0.2) is 0 Å². The smallest absolute Gasteiger partial charge is 0.411 e. The van der Waals surface area contributed by atoms with Gasteiger partial charge in [-0.25, -0.2) is 4.79 Å². The normalized spacial score (nSPS) is 18.0. The second-order valence-electron chi connectivity index (χ2n) is 11.1. The molecule has 1 aliphatic heterocycles. The van der Waals surface area contributed by atoms with Gasteiger partial charge in [-0.3, -0.25) is 4.98 Å². The number of alkyl halides is 3. The van der Waals surface area contributed by atoms with Gasteiger partial charge in [-0.2, -0.15) is 13.2 Å². The SMILES string of the molecule is CC(C)(C)OC(=O)N1CC[C@H](c2ccc(OCCCOCC(F)(F)F)cc2)[C@@H](OCc2ccc3cccnc3c2)C1. The van der Waals surface area contributed by atoms with Gasteiger partial charge in [0, 0.05) is 30.5 Å². The third-order valence-electron chi connectivity index (χ3n) is 6.62. The lowest BCUT2D eigenvalue weighted by Crippen LogP contribution is -2.48. The summed E-state index contributed by atoms with van der Waals surface area (Å²) in [5.74, 6) is 0.661. The van der Waals surface area contributed by atoms with Crippen LogP contribution in [-0.2, 0) is 20.8 Å². The molecule has 0 radical (unpaired) electrons. The Hall–Kier alpha value is -3.37. The van der Waals surface area contributed by atoms with Gasteiger partial charge in [-0.1, -0.05) is 30.3 Å². The van der Waals surface area contributed by atoms with Crippen molar-refractivity contribution in [1.82, 2.24) is 9.88 Å². The number of amides is 1. The number of benzene rings is 2. The number of pyridine rings is 1. The Kier molecular flexibility index (Phi) is 10.1. The van der Waals surface area contributed by atoms with E-state index in [1.165, 1.54) is 0 Å². The molecule has 4 rings (SSSR count). The van der Waals surface area contributed by atoms with E-state index in [0.29, 0.717) is 38.3 Å². The number of hydrogen-bond acceptors (Lipinski definition) is 6. The predicted octanol–water partition coefficient (Wildman–Crippen LogP) is 6.89. The highest BCUT2D eigenvalue weighted by Crippen LogP contribution is 2.33. The summed E-state index contributed by atoms with van der Waals surface area (Å²) in [4.78, 5) is 19.0. The second kappa shape index (κ2) is 13.5. The zero-order valence-electron chi connectivity index (χ0n) is 23.7. The molecule has 0 aliphatic carbocycles. The van der Waals surface area contributed by atoms with Gasteiger partial charge in [0.2, 0.25) is 0 Å². The maximum atomic E-state index is 12.8. The van der Waals surface area contributed by atoms with E-state index >= 15 is 0 Å². The molecule has 0 bridgehead atoms. The minimum absolute atomic E-state index is 0.0277. The van der Waals surface area contributed by atoms with Gasteiger partial charge in [0.05, 0.1) is 38.0 Å². The minimum atomic E-state index is -4.33. The molecular formula is C31H37F3N2O5. The molecule has 2 heterocycles. The van der Waals surface area contributed by atoms with Crippen LogP contribution in [0.1, 0.15) is 50.7 Å². The summed E-state index contributed by atoms with van der Waals surface area (Å²) in [5.41, 5.74) is 2.35. The van der Waals surface area contributed by atoms with Crippen molar-refractivity contribution in [3.05, 3.63) is 71.9 Å². The van der Waals surface area contributed by atoms with Gasteiger partial charge in [0.1, 0.15) is 18.0 Å². The van der Waals surface area contributed by atoms with Crippen LogP contribution >= 0.6 is 0 Å². The van der Waals surface area contributed by atoms with E-state index in [0.717, 1.165) is 22.0 Å². The summed E-state index contributed by atoms with van der Waals surface area (Å²) in [5, 5.41) is 1.05. The fourth-order valence-electron chi connectivity index (χ4n) is 4.71. The number of ether oxygens (including phenoxy) is 4. The van der Waals surface area contributed by atoms with Crippen LogP contribution in [0.15, 0.2) is 60.8 Å². The van der Waals surface area contributed by atoms with E-state index < -0.39 is 18.4 Å². The highest BCUT2D eigenvalue weighted by Gasteiger charge is 2.35. The summed E-state index contributed by atoms with van der Waals surface area (Å²) in [7, 11) is 0. The van der Waals surface area contributed by atoms with Gasteiger partial charge in [0.25, 0.3) is 0 Å². The summed E-state index contributed by atoms with van der Waals surface area (Å²) in [6, 6.07) is 17.6. The maximum Gasteiger partial charge on any atom is 0.411 e. The van der Waals surface area contributed by atoms with Crippen molar-refractivity contribution >= 4 is 17.0 Å². The van der Waals surface area contributed by atoms with E-state index in [1.807, 2.05) is 75.4 Å². The number of fused-ring (bicyclic) bond motifs is 1. The molecule has 0 spiro atoms. The van der Waals surface area contributed by atoms with E-state index in [-0.39, 0.29) is 31.3 Å². The lowest BCUT2D eigenvalue weighted by atomic mass is 9.87. The van der Waals surface area contributed by atoms with Crippen LogP contribution in [0, 0.1) is 0 Å². The standard InChI is InChI=1S/C31H37F3N2O5/c1-30(2,3)41-29(37)36-15-13-26(23-9-11-25(12-10-23)39-17-5-16-38-21-31(32,33)34)28(19-36)40-20-22-7-8-24-6-4-14-35-27(24)18-22/h4,6-12,14,18,26,28H,5,13,15-17,19-21H2,1-3H3/t26-,28+/m1/s1. The molecule has 41 heavy (non-hydrogen) atoms. The Morgan fingerprint density at radius 2 is 1.83 bits per heavy atom. The topological polar surface area (TPSA) is 70.1 Å². The molecule has 1 aromatic heterocycles. The highest BCUT2D eigenvalue weighted by molar-refractivity contribution is 5.78. The van der Waals surface area contributed by atoms with Gasteiger partial charge in [-0.15, -0.1) is 0 Å². The number of nitrogens with zero attached hydrogens (tertiary/aromatic N) is 2. The molecule has 10 heteroatoms. The first kappa shape index (κ1) is 30.6. The first-order valence-electron chi connectivity index (χ1n) is 13.8. The largest absolute Gasteiger partial charge is 0.494 e. The van der Waals surface area contributed by atoms with Crippen molar-refractivity contribution < 1.29 is 36.9 Å².